The van der Waals surface area contributed by atoms with Crippen molar-refractivity contribution in [3.8, 4) is 0 Å². The molecule has 0 spiro atoms. The molecule has 3 heterocycles. The maximum Gasteiger partial charge on any atom is 0.263 e. The summed E-state index contributed by atoms with van der Waals surface area (Å²) in [6.07, 6.45) is 3.33. The Morgan fingerprint density at radius 2 is 1.77 bits per heavy atom. The number of fused-ring (bicyclic) bond motifs is 1. The molecule has 26 heavy (non-hydrogen) atoms. The van der Waals surface area contributed by atoms with Crippen LogP contribution in [0.4, 0.5) is 5.82 Å². The number of hydrogen-bond acceptors (Lipinski definition) is 6. The van der Waals surface area contributed by atoms with Crippen LogP contribution in [0.15, 0.2) is 59.5 Å². The van der Waals surface area contributed by atoms with Gasteiger partial charge in [-0.25, -0.2) is 4.98 Å². The third kappa shape index (κ3) is 3.13. The lowest BCUT2D eigenvalue weighted by Crippen LogP contribution is -2.24. The molecular formula is C20H19N5O. The molecule has 0 radical (unpaired) electrons. The second kappa shape index (κ2) is 6.92. The van der Waals surface area contributed by atoms with E-state index in [1.165, 1.54) is 17.5 Å². The Balaban J connectivity index is 1.79. The van der Waals surface area contributed by atoms with Gasteiger partial charge in [0.2, 0.25) is 0 Å². The Hall–Kier alpha value is -3.28. The highest BCUT2D eigenvalue weighted by Gasteiger charge is 2.19. The summed E-state index contributed by atoms with van der Waals surface area (Å²) >= 11 is 0. The zero-order chi connectivity index (χ0) is 17.9. The first kappa shape index (κ1) is 16.2. The van der Waals surface area contributed by atoms with E-state index in [-0.39, 0.29) is 0 Å². The number of aryl methyl sites for hydroxylation is 2. The molecule has 130 valence electrons. The molecule has 6 nitrogen and oxygen atoms in total. The number of anilines is 1. The molecule has 0 bridgehead atoms. The van der Waals surface area contributed by atoms with Crippen LogP contribution in [-0.2, 0) is 13.1 Å². The molecule has 0 saturated heterocycles. The normalized spacial score (nSPS) is 11.0. The predicted octanol–water partition coefficient (Wildman–Crippen LogP) is 3.84. The lowest BCUT2D eigenvalue weighted by atomic mass is 10.1. The molecule has 0 N–H and O–H groups in total. The second-order valence-corrected chi connectivity index (χ2v) is 6.25. The van der Waals surface area contributed by atoms with Gasteiger partial charge in [0.1, 0.15) is 17.5 Å². The first-order valence-corrected chi connectivity index (χ1v) is 8.48. The van der Waals surface area contributed by atoms with Crippen LogP contribution >= 0.6 is 0 Å². The van der Waals surface area contributed by atoms with Gasteiger partial charge in [0.15, 0.2) is 0 Å². The van der Waals surface area contributed by atoms with Crippen LogP contribution in [0.2, 0.25) is 0 Å². The summed E-state index contributed by atoms with van der Waals surface area (Å²) in [7, 11) is 0. The van der Waals surface area contributed by atoms with E-state index in [0.717, 1.165) is 22.6 Å². The van der Waals surface area contributed by atoms with Gasteiger partial charge in [-0.2, -0.15) is 4.98 Å². The molecule has 0 aliphatic carbocycles. The molecule has 1 aromatic carbocycles. The fourth-order valence-electron chi connectivity index (χ4n) is 3.03. The highest BCUT2D eigenvalue weighted by molar-refractivity contribution is 5.87. The topological polar surface area (TPSA) is 67.9 Å². The minimum atomic E-state index is 0.503. The van der Waals surface area contributed by atoms with E-state index in [1.807, 2.05) is 31.3 Å². The van der Waals surface area contributed by atoms with Crippen LogP contribution in [0.25, 0.3) is 11.1 Å². The SMILES string of the molecule is Cc1ccccc1CN(Cc1ccccn1)c1ncnc2onc(C)c12. The van der Waals surface area contributed by atoms with Crippen molar-refractivity contribution >= 4 is 16.9 Å². The summed E-state index contributed by atoms with van der Waals surface area (Å²) < 4.78 is 5.32. The average molecular weight is 345 g/mol. The van der Waals surface area contributed by atoms with Crippen molar-refractivity contribution in [3.05, 3.63) is 77.5 Å². The fraction of sp³-hybridized carbons (Fsp3) is 0.200. The van der Waals surface area contributed by atoms with Gasteiger partial charge < -0.3 is 9.42 Å². The van der Waals surface area contributed by atoms with Crippen LogP contribution in [0.3, 0.4) is 0 Å². The quantitative estimate of drug-likeness (QED) is 0.547. The van der Waals surface area contributed by atoms with Crippen molar-refractivity contribution < 1.29 is 4.52 Å². The monoisotopic (exact) mass is 345 g/mol. The Morgan fingerprint density at radius 1 is 0.923 bits per heavy atom. The maximum atomic E-state index is 5.32. The van der Waals surface area contributed by atoms with Crippen molar-refractivity contribution in [1.29, 1.82) is 0 Å². The molecule has 0 unspecified atom stereocenters. The number of aromatic nitrogens is 4. The van der Waals surface area contributed by atoms with Crippen molar-refractivity contribution in [3.63, 3.8) is 0 Å². The van der Waals surface area contributed by atoms with Gasteiger partial charge >= 0.3 is 0 Å². The Bertz CT molecular complexity index is 1030. The van der Waals surface area contributed by atoms with E-state index in [1.54, 1.807) is 0 Å². The number of benzene rings is 1. The Kier molecular flexibility index (Phi) is 4.31. The molecule has 0 saturated carbocycles. The first-order valence-electron chi connectivity index (χ1n) is 8.48. The summed E-state index contributed by atoms with van der Waals surface area (Å²) in [6.45, 7) is 5.37. The van der Waals surface area contributed by atoms with E-state index in [4.69, 9.17) is 4.52 Å². The molecule has 4 aromatic rings. The van der Waals surface area contributed by atoms with E-state index in [9.17, 15) is 0 Å². The van der Waals surface area contributed by atoms with Crippen molar-refractivity contribution in [2.24, 2.45) is 0 Å². The molecule has 0 atom stereocenters. The number of rotatable bonds is 5. The smallest absolute Gasteiger partial charge is 0.263 e. The summed E-state index contributed by atoms with van der Waals surface area (Å²) in [5.41, 5.74) is 4.74. The number of pyridine rings is 1. The minimum absolute atomic E-state index is 0.503. The molecule has 0 amide bonds. The highest BCUT2D eigenvalue weighted by atomic mass is 16.5. The van der Waals surface area contributed by atoms with Gasteiger partial charge in [-0.15, -0.1) is 0 Å². The van der Waals surface area contributed by atoms with E-state index >= 15 is 0 Å². The predicted molar refractivity (Wildman–Crippen MR) is 99.6 cm³/mol. The van der Waals surface area contributed by atoms with E-state index in [0.29, 0.717) is 18.8 Å². The van der Waals surface area contributed by atoms with E-state index < -0.39 is 0 Å². The standard InChI is InChI=1S/C20H19N5O/c1-14-7-3-4-8-16(14)11-25(12-17-9-5-6-10-21-17)19-18-15(2)24-26-20(18)23-13-22-19/h3-10,13H,11-12H2,1-2H3. The Labute approximate surface area is 151 Å². The van der Waals surface area contributed by atoms with Crippen LogP contribution < -0.4 is 4.90 Å². The summed E-state index contributed by atoms with van der Waals surface area (Å²) in [6, 6.07) is 14.3. The van der Waals surface area contributed by atoms with Crippen molar-refractivity contribution in [1.82, 2.24) is 20.1 Å². The van der Waals surface area contributed by atoms with Crippen molar-refractivity contribution in [2.45, 2.75) is 26.9 Å². The third-order valence-corrected chi connectivity index (χ3v) is 4.42. The second-order valence-electron chi connectivity index (χ2n) is 6.25. The lowest BCUT2D eigenvalue weighted by molar-refractivity contribution is 0.442. The first-order chi connectivity index (χ1) is 12.7. The number of nitrogens with zero attached hydrogens (tertiary/aromatic N) is 5. The average Bonchev–Trinajstić information content (AvgIpc) is 3.05. The van der Waals surface area contributed by atoms with E-state index in [2.05, 4.69) is 56.2 Å². The van der Waals surface area contributed by atoms with Crippen LogP contribution in [0.5, 0.6) is 0 Å². The molecule has 0 fully saturated rings. The van der Waals surface area contributed by atoms with Crippen LogP contribution in [0.1, 0.15) is 22.5 Å². The molecule has 6 heteroatoms. The van der Waals surface area contributed by atoms with Gasteiger partial charge in [-0.05, 0) is 37.1 Å². The van der Waals surface area contributed by atoms with Crippen LogP contribution in [0, 0.1) is 13.8 Å². The van der Waals surface area contributed by atoms with Gasteiger partial charge in [-0.3, -0.25) is 4.98 Å². The fourth-order valence-corrected chi connectivity index (χ4v) is 3.03. The van der Waals surface area contributed by atoms with Gasteiger partial charge in [0.05, 0.1) is 17.9 Å². The Morgan fingerprint density at radius 3 is 2.58 bits per heavy atom. The van der Waals surface area contributed by atoms with Gasteiger partial charge in [-0.1, -0.05) is 35.5 Å². The largest absolute Gasteiger partial charge is 0.346 e. The molecule has 4 rings (SSSR count). The lowest BCUT2D eigenvalue weighted by Gasteiger charge is -2.24. The number of hydrogen-bond donors (Lipinski definition) is 0. The maximum absolute atomic E-state index is 5.32. The zero-order valence-electron chi connectivity index (χ0n) is 14.8. The summed E-state index contributed by atoms with van der Waals surface area (Å²) in [5, 5.41) is 4.90. The highest BCUT2D eigenvalue weighted by Crippen LogP contribution is 2.28. The van der Waals surface area contributed by atoms with Crippen molar-refractivity contribution in [2.75, 3.05) is 4.90 Å². The summed E-state index contributed by atoms with van der Waals surface area (Å²) in [5.74, 6) is 0.808. The van der Waals surface area contributed by atoms with Crippen LogP contribution in [-0.4, -0.2) is 20.1 Å². The molecule has 3 aromatic heterocycles. The molecule has 0 aliphatic rings. The molecular weight excluding hydrogens is 326 g/mol. The van der Waals surface area contributed by atoms with Gasteiger partial charge in [0.25, 0.3) is 5.71 Å². The third-order valence-electron chi connectivity index (χ3n) is 4.42. The minimum Gasteiger partial charge on any atom is -0.346 e. The summed E-state index contributed by atoms with van der Waals surface area (Å²) in [4.78, 5) is 15.4. The molecule has 0 aliphatic heterocycles. The van der Waals surface area contributed by atoms with Gasteiger partial charge in [0, 0.05) is 12.7 Å². The zero-order valence-corrected chi connectivity index (χ0v) is 14.8.